The van der Waals surface area contributed by atoms with Gasteiger partial charge >= 0.3 is 0 Å². The summed E-state index contributed by atoms with van der Waals surface area (Å²) in [6, 6.07) is 7.10. The van der Waals surface area contributed by atoms with Crippen LogP contribution in [0.15, 0.2) is 47.1 Å². The summed E-state index contributed by atoms with van der Waals surface area (Å²) in [6.07, 6.45) is -0.191. The number of hydrogen-bond acceptors (Lipinski definition) is 5. The highest BCUT2D eigenvalue weighted by molar-refractivity contribution is 7.95. The molecular weight excluding hydrogens is 404 g/mol. The van der Waals surface area contributed by atoms with Crippen LogP contribution < -0.4 is 4.74 Å². The first-order valence-corrected chi connectivity index (χ1v) is 10.8. The zero-order chi connectivity index (χ0) is 21.0. The highest BCUT2D eigenvalue weighted by Gasteiger charge is 2.38. The third kappa shape index (κ3) is 5.22. The van der Waals surface area contributed by atoms with E-state index in [1.165, 1.54) is 4.90 Å². The number of carbonyl (C=O) groups is 1. The monoisotopic (exact) mass is 427 g/mol. The Hall–Kier alpha value is -2.26. The van der Waals surface area contributed by atoms with Crippen LogP contribution in [0, 0.1) is 0 Å². The maximum Gasteiger partial charge on any atom is 0.260 e. The Balaban J connectivity index is 1.56. The minimum absolute atomic E-state index is 0.0169. The van der Waals surface area contributed by atoms with Crippen LogP contribution in [0.5, 0.6) is 5.75 Å². The fraction of sp³-hybridized carbons (Fsp3) is 0.450. The van der Waals surface area contributed by atoms with Crippen molar-refractivity contribution in [3.63, 3.8) is 0 Å². The number of hydrogen-bond donors (Lipinski definition) is 0. The van der Waals surface area contributed by atoms with Crippen molar-refractivity contribution in [3.05, 3.63) is 52.7 Å². The molecule has 1 aromatic rings. The number of carbonyl (C=O) groups excluding carboxylic acids is 1. The van der Waals surface area contributed by atoms with Crippen molar-refractivity contribution in [2.75, 3.05) is 26.8 Å². The number of amides is 1. The van der Waals surface area contributed by atoms with Gasteiger partial charge in [0.1, 0.15) is 17.7 Å². The molecule has 2 aliphatic rings. The van der Waals surface area contributed by atoms with Crippen molar-refractivity contribution >= 4 is 15.7 Å². The van der Waals surface area contributed by atoms with Gasteiger partial charge in [0.25, 0.3) is 5.91 Å². The van der Waals surface area contributed by atoms with E-state index in [-0.39, 0.29) is 43.4 Å². The summed E-state index contributed by atoms with van der Waals surface area (Å²) in [4.78, 5) is 13.5. The van der Waals surface area contributed by atoms with Crippen molar-refractivity contribution in [2.45, 2.75) is 30.9 Å². The first kappa shape index (κ1) is 21.4. The molecule has 0 bridgehead atoms. The Morgan fingerprint density at radius 1 is 1.28 bits per heavy atom. The largest absolute Gasteiger partial charge is 0.484 e. The van der Waals surface area contributed by atoms with Gasteiger partial charge in [0.2, 0.25) is 0 Å². The Bertz CT molecular complexity index is 911. The highest BCUT2D eigenvalue weighted by Crippen LogP contribution is 2.31. The van der Waals surface area contributed by atoms with E-state index in [0.717, 1.165) is 17.7 Å². The number of allylic oxidation sites excluding steroid dienone is 4. The van der Waals surface area contributed by atoms with Crippen LogP contribution in [0.3, 0.4) is 0 Å². The maximum absolute atomic E-state index is 13.5. The van der Waals surface area contributed by atoms with E-state index in [2.05, 4.69) is 0 Å². The second-order valence-electron chi connectivity index (χ2n) is 7.04. The lowest BCUT2D eigenvalue weighted by atomic mass is 10.1. The summed E-state index contributed by atoms with van der Waals surface area (Å²) in [6.45, 7) is 0.492. The molecule has 2 unspecified atom stereocenters. The molecule has 1 aromatic carbocycles. The van der Waals surface area contributed by atoms with Crippen LogP contribution in [0.4, 0.5) is 8.78 Å². The van der Waals surface area contributed by atoms with Gasteiger partial charge in [0.05, 0.1) is 16.8 Å². The molecule has 1 aliphatic heterocycles. The Morgan fingerprint density at radius 2 is 2.00 bits per heavy atom. The van der Waals surface area contributed by atoms with Gasteiger partial charge in [-0.3, -0.25) is 4.79 Å². The number of sulfone groups is 1. The first-order valence-electron chi connectivity index (χ1n) is 9.24. The van der Waals surface area contributed by atoms with Gasteiger partial charge in [0.15, 0.2) is 16.4 Å². The Labute approximate surface area is 168 Å². The number of halogens is 2. The Kier molecular flexibility index (Phi) is 6.69. The molecule has 1 aliphatic carbocycles. The van der Waals surface area contributed by atoms with E-state index in [4.69, 9.17) is 9.47 Å². The molecule has 0 saturated carbocycles. The molecule has 158 valence electrons. The van der Waals surface area contributed by atoms with Crippen molar-refractivity contribution in [2.24, 2.45) is 0 Å². The molecule has 6 nitrogen and oxygen atoms in total. The third-order valence-corrected chi connectivity index (χ3v) is 7.21. The van der Waals surface area contributed by atoms with Crippen molar-refractivity contribution in [3.8, 4) is 5.75 Å². The van der Waals surface area contributed by atoms with Crippen molar-refractivity contribution < 1.29 is 31.5 Å². The van der Waals surface area contributed by atoms with Crippen LogP contribution in [0.25, 0.3) is 0 Å². The number of rotatable bonds is 7. The van der Waals surface area contributed by atoms with E-state index in [1.807, 2.05) is 12.1 Å². The number of ether oxygens (including phenoxy) is 2. The molecule has 3 rings (SSSR count). The van der Waals surface area contributed by atoms with Crippen LogP contribution in [-0.4, -0.2) is 57.5 Å². The number of methoxy groups -OCH3 is 1. The van der Waals surface area contributed by atoms with Gasteiger partial charge in [0, 0.05) is 26.6 Å². The fourth-order valence-corrected chi connectivity index (χ4v) is 5.28. The van der Waals surface area contributed by atoms with E-state index in [1.54, 1.807) is 19.2 Å². The summed E-state index contributed by atoms with van der Waals surface area (Å²) in [5.74, 6) is -0.709. The standard InChI is InChI=1S/C20H23F2NO5S/c1-27-12-14-2-4-17(5-3-14)28-13-20(24)23-7-6-18(11-23)29(25,26)19-9-15(21)8-16(22)10-19/h2-5,8-9,16,18H,6-7,10-13H2,1H3. The van der Waals surface area contributed by atoms with Gasteiger partial charge in [-0.25, -0.2) is 17.2 Å². The van der Waals surface area contributed by atoms with E-state index >= 15 is 0 Å². The summed E-state index contributed by atoms with van der Waals surface area (Å²) >= 11 is 0. The molecule has 1 fully saturated rings. The zero-order valence-corrected chi connectivity index (χ0v) is 16.8. The van der Waals surface area contributed by atoms with Gasteiger partial charge in [-0.2, -0.15) is 0 Å². The Morgan fingerprint density at radius 3 is 2.66 bits per heavy atom. The van der Waals surface area contributed by atoms with Crippen LogP contribution >= 0.6 is 0 Å². The minimum Gasteiger partial charge on any atom is -0.484 e. The van der Waals surface area contributed by atoms with E-state index in [9.17, 15) is 22.0 Å². The van der Waals surface area contributed by atoms with Crippen LogP contribution in [0.1, 0.15) is 18.4 Å². The van der Waals surface area contributed by atoms with Crippen LogP contribution in [-0.2, 0) is 26.0 Å². The van der Waals surface area contributed by atoms with Crippen molar-refractivity contribution in [1.29, 1.82) is 0 Å². The lowest BCUT2D eigenvalue weighted by molar-refractivity contribution is -0.132. The molecule has 2 atom stereocenters. The molecule has 1 amide bonds. The number of likely N-dealkylation sites (tertiary alicyclic amines) is 1. The normalized spacial score (nSPS) is 22.2. The quantitative estimate of drug-likeness (QED) is 0.669. The fourth-order valence-electron chi connectivity index (χ4n) is 3.39. The smallest absolute Gasteiger partial charge is 0.260 e. The van der Waals surface area contributed by atoms with Gasteiger partial charge in [-0.1, -0.05) is 12.1 Å². The third-order valence-electron chi connectivity index (χ3n) is 4.93. The summed E-state index contributed by atoms with van der Waals surface area (Å²) < 4.78 is 62.9. The maximum atomic E-state index is 13.5. The van der Waals surface area contributed by atoms with E-state index in [0.29, 0.717) is 12.4 Å². The zero-order valence-electron chi connectivity index (χ0n) is 16.0. The number of alkyl halides is 1. The molecular formula is C20H23F2NO5S. The summed E-state index contributed by atoms with van der Waals surface area (Å²) in [5, 5.41) is -0.871. The average molecular weight is 427 g/mol. The molecule has 0 spiro atoms. The molecule has 1 saturated heterocycles. The molecule has 0 radical (unpaired) electrons. The predicted molar refractivity (Wildman–Crippen MR) is 103 cm³/mol. The van der Waals surface area contributed by atoms with Gasteiger partial charge < -0.3 is 14.4 Å². The van der Waals surface area contributed by atoms with Gasteiger partial charge in [-0.05, 0) is 36.3 Å². The van der Waals surface area contributed by atoms with E-state index < -0.39 is 27.1 Å². The first-order chi connectivity index (χ1) is 13.8. The summed E-state index contributed by atoms with van der Waals surface area (Å²) in [7, 11) is -2.28. The molecule has 0 N–H and O–H groups in total. The molecule has 0 aromatic heterocycles. The molecule has 9 heteroatoms. The highest BCUT2D eigenvalue weighted by atomic mass is 32.2. The average Bonchev–Trinajstić information content (AvgIpc) is 3.18. The summed E-state index contributed by atoms with van der Waals surface area (Å²) in [5.41, 5.74) is 0.970. The molecule has 1 heterocycles. The van der Waals surface area contributed by atoms with Gasteiger partial charge in [-0.15, -0.1) is 0 Å². The second kappa shape index (κ2) is 9.04. The second-order valence-corrected chi connectivity index (χ2v) is 9.32. The molecule has 29 heavy (non-hydrogen) atoms. The predicted octanol–water partition coefficient (Wildman–Crippen LogP) is 2.71. The SMILES string of the molecule is COCc1ccc(OCC(=O)N2CCC(S(=O)(=O)C3=CC(F)=CC(F)C3)C2)cc1. The number of nitrogens with zero attached hydrogens (tertiary/aromatic N) is 1. The lowest BCUT2D eigenvalue weighted by Crippen LogP contribution is -2.35. The lowest BCUT2D eigenvalue weighted by Gasteiger charge is -2.19. The van der Waals surface area contributed by atoms with Crippen molar-refractivity contribution in [1.82, 2.24) is 4.90 Å². The topological polar surface area (TPSA) is 72.9 Å². The number of benzene rings is 1. The van der Waals surface area contributed by atoms with Crippen LogP contribution in [0.2, 0.25) is 0 Å². The minimum atomic E-state index is -3.88.